The molecule has 1 N–H and O–H groups in total. The number of aryl methyl sites for hydroxylation is 1. The lowest BCUT2D eigenvalue weighted by Crippen LogP contribution is -2.47. The van der Waals surface area contributed by atoms with Crippen molar-refractivity contribution in [2.45, 2.75) is 13.0 Å². The maximum Gasteiger partial charge on any atom is 0.246 e. The molecule has 0 aromatic heterocycles. The number of carbonyl (C=O) groups excluding carboxylic acids is 2. The molecule has 3 rings (SSSR count). The van der Waals surface area contributed by atoms with Crippen LogP contribution in [0.2, 0.25) is 0 Å². The number of benzene rings is 2. The van der Waals surface area contributed by atoms with Gasteiger partial charge < -0.3 is 19.7 Å². The van der Waals surface area contributed by atoms with Crippen LogP contribution in [-0.4, -0.2) is 68.6 Å². The van der Waals surface area contributed by atoms with Crippen LogP contribution in [0, 0.1) is 6.92 Å². The molecule has 0 radical (unpaired) electrons. The second kappa shape index (κ2) is 10.2. The number of hydrogen-bond donors (Lipinski definition) is 1. The first-order chi connectivity index (χ1) is 14.5. The Labute approximate surface area is 177 Å². The summed E-state index contributed by atoms with van der Waals surface area (Å²) in [6.45, 7) is 4.34. The average molecular weight is 412 g/mol. The Morgan fingerprint density at radius 1 is 1.17 bits per heavy atom. The van der Waals surface area contributed by atoms with Crippen molar-refractivity contribution in [3.8, 4) is 5.75 Å². The van der Waals surface area contributed by atoms with Crippen molar-refractivity contribution in [2.24, 2.45) is 0 Å². The van der Waals surface area contributed by atoms with Crippen molar-refractivity contribution in [3.63, 3.8) is 0 Å². The molecule has 2 amide bonds. The highest BCUT2D eigenvalue weighted by molar-refractivity contribution is 5.97. The Kier molecular flexibility index (Phi) is 7.43. The first kappa shape index (κ1) is 21.8. The van der Waals surface area contributed by atoms with E-state index in [0.29, 0.717) is 37.7 Å². The molecule has 1 saturated heterocycles. The van der Waals surface area contributed by atoms with E-state index in [1.807, 2.05) is 55.5 Å². The monoisotopic (exact) mass is 411 g/mol. The highest BCUT2D eigenvalue weighted by Crippen LogP contribution is 2.28. The van der Waals surface area contributed by atoms with E-state index in [1.54, 1.807) is 24.0 Å². The molecule has 1 heterocycles. The molecule has 2 aromatic carbocycles. The van der Waals surface area contributed by atoms with Crippen LogP contribution >= 0.6 is 0 Å². The van der Waals surface area contributed by atoms with Gasteiger partial charge in [0, 0.05) is 13.1 Å². The fourth-order valence-corrected chi connectivity index (χ4v) is 3.58. The Morgan fingerprint density at radius 3 is 2.53 bits per heavy atom. The molecule has 1 fully saturated rings. The third-order valence-corrected chi connectivity index (χ3v) is 5.17. The summed E-state index contributed by atoms with van der Waals surface area (Å²) >= 11 is 0. The van der Waals surface area contributed by atoms with Gasteiger partial charge in [0.2, 0.25) is 11.8 Å². The highest BCUT2D eigenvalue weighted by atomic mass is 16.5. The van der Waals surface area contributed by atoms with Gasteiger partial charge in [-0.3, -0.25) is 14.5 Å². The number of nitrogens with zero attached hydrogens (tertiary/aromatic N) is 2. The van der Waals surface area contributed by atoms with Gasteiger partial charge in [-0.2, -0.15) is 0 Å². The summed E-state index contributed by atoms with van der Waals surface area (Å²) in [5.41, 5.74) is 2.44. The van der Waals surface area contributed by atoms with E-state index in [4.69, 9.17) is 9.47 Å². The van der Waals surface area contributed by atoms with Gasteiger partial charge in [-0.05, 0) is 37.2 Å². The fraction of sp³-hybridized carbons (Fsp3) is 0.391. The Bertz CT molecular complexity index is 866. The molecule has 1 aliphatic rings. The van der Waals surface area contributed by atoms with E-state index >= 15 is 0 Å². The number of rotatable bonds is 7. The number of nitrogens with one attached hydrogen (secondary N) is 1. The van der Waals surface area contributed by atoms with Gasteiger partial charge in [0.15, 0.2) is 0 Å². The maximum atomic E-state index is 13.3. The van der Waals surface area contributed by atoms with Gasteiger partial charge in [-0.1, -0.05) is 36.4 Å². The van der Waals surface area contributed by atoms with Crippen molar-refractivity contribution in [3.05, 3.63) is 59.7 Å². The number of amides is 2. The van der Waals surface area contributed by atoms with Crippen LogP contribution in [0.5, 0.6) is 5.75 Å². The van der Waals surface area contributed by atoms with Crippen LogP contribution in [0.25, 0.3) is 0 Å². The summed E-state index contributed by atoms with van der Waals surface area (Å²) in [5.74, 6) is 0.359. The summed E-state index contributed by atoms with van der Waals surface area (Å²) in [4.78, 5) is 29.6. The second-order valence-corrected chi connectivity index (χ2v) is 7.41. The molecule has 160 valence electrons. The highest BCUT2D eigenvalue weighted by Gasteiger charge is 2.29. The minimum Gasteiger partial charge on any atom is -0.495 e. The van der Waals surface area contributed by atoms with Crippen LogP contribution in [-0.2, 0) is 14.3 Å². The molecule has 0 spiro atoms. The van der Waals surface area contributed by atoms with Crippen molar-refractivity contribution >= 4 is 17.5 Å². The molecule has 1 atom stereocenters. The smallest absolute Gasteiger partial charge is 0.246 e. The van der Waals surface area contributed by atoms with E-state index in [-0.39, 0.29) is 18.4 Å². The first-order valence-electron chi connectivity index (χ1n) is 10.1. The van der Waals surface area contributed by atoms with Crippen molar-refractivity contribution in [1.29, 1.82) is 0 Å². The number of likely N-dealkylation sites (N-methyl/N-ethyl adjacent to an activating group) is 1. The summed E-state index contributed by atoms with van der Waals surface area (Å²) in [7, 11) is 3.37. The SMILES string of the molecule is COc1ccc(C)cc1NC(=O)[C@H](c1ccccc1)N(C)CC(=O)N1CCOCC1. The predicted molar refractivity (Wildman–Crippen MR) is 116 cm³/mol. The fourth-order valence-electron chi connectivity index (χ4n) is 3.58. The minimum absolute atomic E-state index is 0.0114. The molecule has 7 nitrogen and oxygen atoms in total. The van der Waals surface area contributed by atoms with Gasteiger partial charge in [0.05, 0.1) is 32.6 Å². The zero-order chi connectivity index (χ0) is 21.5. The summed E-state index contributed by atoms with van der Waals surface area (Å²) in [6.07, 6.45) is 0. The molecular weight excluding hydrogens is 382 g/mol. The van der Waals surface area contributed by atoms with E-state index in [2.05, 4.69) is 5.32 Å². The molecule has 2 aromatic rings. The third kappa shape index (κ3) is 5.37. The number of anilines is 1. The zero-order valence-electron chi connectivity index (χ0n) is 17.8. The molecular formula is C23H29N3O4. The van der Waals surface area contributed by atoms with Crippen LogP contribution in [0.15, 0.2) is 48.5 Å². The summed E-state index contributed by atoms with van der Waals surface area (Å²) in [6, 6.07) is 14.5. The second-order valence-electron chi connectivity index (χ2n) is 7.41. The number of carbonyl (C=O) groups is 2. The molecule has 30 heavy (non-hydrogen) atoms. The number of methoxy groups -OCH3 is 1. The maximum absolute atomic E-state index is 13.3. The van der Waals surface area contributed by atoms with Crippen molar-refractivity contribution in [2.75, 3.05) is 52.3 Å². The Balaban J connectivity index is 1.81. The average Bonchev–Trinajstić information content (AvgIpc) is 2.75. The van der Waals surface area contributed by atoms with E-state index in [9.17, 15) is 9.59 Å². The molecule has 7 heteroatoms. The van der Waals surface area contributed by atoms with Gasteiger partial charge >= 0.3 is 0 Å². The minimum atomic E-state index is -0.624. The number of morpholine rings is 1. The van der Waals surface area contributed by atoms with Crippen LogP contribution in [0.1, 0.15) is 17.2 Å². The predicted octanol–water partition coefficient (Wildman–Crippen LogP) is 2.47. The van der Waals surface area contributed by atoms with Gasteiger partial charge in [0.1, 0.15) is 11.8 Å². The van der Waals surface area contributed by atoms with Crippen molar-refractivity contribution in [1.82, 2.24) is 9.80 Å². The molecule has 0 aliphatic carbocycles. The van der Waals surface area contributed by atoms with Crippen molar-refractivity contribution < 1.29 is 19.1 Å². The lowest BCUT2D eigenvalue weighted by molar-refractivity contribution is -0.137. The van der Waals surface area contributed by atoms with E-state index in [1.165, 1.54) is 0 Å². The number of hydrogen-bond acceptors (Lipinski definition) is 5. The largest absolute Gasteiger partial charge is 0.495 e. The van der Waals surface area contributed by atoms with E-state index in [0.717, 1.165) is 11.1 Å². The van der Waals surface area contributed by atoms with Gasteiger partial charge in [0.25, 0.3) is 0 Å². The van der Waals surface area contributed by atoms with E-state index < -0.39 is 6.04 Å². The molecule has 0 saturated carbocycles. The van der Waals surface area contributed by atoms with Gasteiger partial charge in [-0.15, -0.1) is 0 Å². The first-order valence-corrected chi connectivity index (χ1v) is 10.1. The lowest BCUT2D eigenvalue weighted by Gasteiger charge is -2.31. The van der Waals surface area contributed by atoms with Gasteiger partial charge in [-0.25, -0.2) is 0 Å². The summed E-state index contributed by atoms with van der Waals surface area (Å²) < 4.78 is 10.7. The van der Waals surface area contributed by atoms with Crippen LogP contribution < -0.4 is 10.1 Å². The Morgan fingerprint density at radius 2 is 1.87 bits per heavy atom. The zero-order valence-corrected chi connectivity index (χ0v) is 17.8. The standard InChI is InChI=1S/C23H29N3O4/c1-17-9-10-20(29-3)19(15-17)24-23(28)22(18-7-5-4-6-8-18)25(2)16-21(27)26-11-13-30-14-12-26/h4-10,15,22H,11-14,16H2,1-3H3,(H,24,28)/t22-/m0/s1. The third-order valence-electron chi connectivity index (χ3n) is 5.17. The molecule has 1 aliphatic heterocycles. The number of ether oxygens (including phenoxy) is 2. The quantitative estimate of drug-likeness (QED) is 0.758. The Hall–Kier alpha value is -2.90. The normalized spacial score (nSPS) is 15.0. The lowest BCUT2D eigenvalue weighted by atomic mass is 10.0. The van der Waals surface area contributed by atoms with Crippen LogP contribution in [0.3, 0.4) is 0 Å². The van der Waals surface area contributed by atoms with Crippen LogP contribution in [0.4, 0.5) is 5.69 Å². The topological polar surface area (TPSA) is 71.1 Å². The molecule has 0 unspecified atom stereocenters. The summed E-state index contributed by atoms with van der Waals surface area (Å²) in [5, 5.41) is 2.98. The molecule has 0 bridgehead atoms.